The van der Waals surface area contributed by atoms with Gasteiger partial charge in [0.1, 0.15) is 17.8 Å². The first-order chi connectivity index (χ1) is 13.3. The van der Waals surface area contributed by atoms with Crippen LogP contribution in [-0.4, -0.2) is 51.5 Å². The van der Waals surface area contributed by atoms with Crippen LogP contribution in [0.15, 0.2) is 36.8 Å². The van der Waals surface area contributed by atoms with E-state index < -0.39 is 0 Å². The van der Waals surface area contributed by atoms with Crippen molar-refractivity contribution >= 4 is 28.1 Å². The van der Waals surface area contributed by atoms with Crippen molar-refractivity contribution in [3.63, 3.8) is 0 Å². The number of fused-ring (bicyclic) bond motifs is 1. The molecule has 5 rings (SSSR count). The summed E-state index contributed by atoms with van der Waals surface area (Å²) in [6.45, 7) is 5.15. The van der Waals surface area contributed by atoms with E-state index in [1.165, 1.54) is 0 Å². The average molecular weight is 378 g/mol. The Morgan fingerprint density at radius 3 is 2.81 bits per heavy atom. The van der Waals surface area contributed by atoms with Crippen molar-refractivity contribution in [2.45, 2.75) is 6.92 Å². The molecule has 1 aromatic carbocycles. The SMILES string of the molecule is Cc1ncc(-c2ccc3[nH]nc(-c4cc(N5CCOCC5)ncn4)c3c2)s1. The lowest BCUT2D eigenvalue weighted by molar-refractivity contribution is 0.122. The van der Waals surface area contributed by atoms with Crippen LogP contribution in [0.5, 0.6) is 0 Å². The number of hydrogen-bond acceptors (Lipinski definition) is 7. The molecule has 1 fully saturated rings. The van der Waals surface area contributed by atoms with Gasteiger partial charge in [-0.05, 0) is 24.6 Å². The maximum Gasteiger partial charge on any atom is 0.132 e. The minimum atomic E-state index is 0.725. The van der Waals surface area contributed by atoms with Gasteiger partial charge in [0.15, 0.2) is 0 Å². The zero-order valence-electron chi connectivity index (χ0n) is 14.8. The molecule has 0 bridgehead atoms. The number of thiazole rings is 1. The number of rotatable bonds is 3. The quantitative estimate of drug-likeness (QED) is 0.589. The maximum absolute atomic E-state index is 5.43. The largest absolute Gasteiger partial charge is 0.378 e. The monoisotopic (exact) mass is 378 g/mol. The van der Waals surface area contributed by atoms with Crippen LogP contribution in [0.4, 0.5) is 5.82 Å². The second-order valence-electron chi connectivity index (χ2n) is 6.44. The molecule has 1 aliphatic rings. The molecule has 3 aromatic heterocycles. The van der Waals surface area contributed by atoms with Crippen LogP contribution in [0.1, 0.15) is 5.01 Å². The summed E-state index contributed by atoms with van der Waals surface area (Å²) in [4.78, 5) is 16.6. The Morgan fingerprint density at radius 2 is 2.00 bits per heavy atom. The van der Waals surface area contributed by atoms with Crippen molar-refractivity contribution in [3.05, 3.63) is 41.8 Å². The van der Waals surface area contributed by atoms with Gasteiger partial charge in [0.2, 0.25) is 0 Å². The second-order valence-corrected chi connectivity index (χ2v) is 7.67. The smallest absolute Gasteiger partial charge is 0.132 e. The van der Waals surface area contributed by atoms with Gasteiger partial charge in [-0.3, -0.25) is 5.10 Å². The molecule has 0 aliphatic carbocycles. The normalized spacial score (nSPS) is 14.8. The van der Waals surface area contributed by atoms with E-state index >= 15 is 0 Å². The Kier molecular flexibility index (Phi) is 4.06. The number of anilines is 1. The van der Waals surface area contributed by atoms with Crippen LogP contribution in [-0.2, 0) is 4.74 Å². The van der Waals surface area contributed by atoms with Crippen LogP contribution in [0.3, 0.4) is 0 Å². The van der Waals surface area contributed by atoms with E-state index in [0.29, 0.717) is 0 Å². The number of H-pyrrole nitrogens is 1. The zero-order valence-corrected chi connectivity index (χ0v) is 15.7. The summed E-state index contributed by atoms with van der Waals surface area (Å²) in [6, 6.07) is 8.30. The zero-order chi connectivity index (χ0) is 18.2. The number of aryl methyl sites for hydroxylation is 1. The lowest BCUT2D eigenvalue weighted by Gasteiger charge is -2.27. The fraction of sp³-hybridized carbons (Fsp3) is 0.263. The molecule has 8 heteroatoms. The Balaban J connectivity index is 1.56. The van der Waals surface area contributed by atoms with E-state index in [1.807, 2.05) is 19.2 Å². The molecule has 4 heterocycles. The first-order valence-electron chi connectivity index (χ1n) is 8.84. The van der Waals surface area contributed by atoms with Crippen molar-refractivity contribution in [3.8, 4) is 21.8 Å². The lowest BCUT2D eigenvalue weighted by atomic mass is 10.1. The van der Waals surface area contributed by atoms with Crippen LogP contribution in [0.25, 0.3) is 32.7 Å². The molecule has 0 saturated carbocycles. The molecule has 4 aromatic rings. The number of nitrogens with one attached hydrogen (secondary N) is 1. The molecule has 1 N–H and O–H groups in total. The molecule has 0 amide bonds. The van der Waals surface area contributed by atoms with Crippen molar-refractivity contribution < 1.29 is 4.74 Å². The van der Waals surface area contributed by atoms with Gasteiger partial charge in [-0.2, -0.15) is 5.10 Å². The van der Waals surface area contributed by atoms with Crippen LogP contribution in [0, 0.1) is 6.92 Å². The number of benzene rings is 1. The third-order valence-electron chi connectivity index (χ3n) is 4.70. The third kappa shape index (κ3) is 3.07. The van der Waals surface area contributed by atoms with Gasteiger partial charge in [-0.25, -0.2) is 15.0 Å². The first-order valence-corrected chi connectivity index (χ1v) is 9.65. The predicted octanol–water partition coefficient (Wildman–Crippen LogP) is 3.29. The van der Waals surface area contributed by atoms with Crippen LogP contribution >= 0.6 is 11.3 Å². The summed E-state index contributed by atoms with van der Waals surface area (Å²) in [5.74, 6) is 0.911. The highest BCUT2D eigenvalue weighted by Gasteiger charge is 2.16. The van der Waals surface area contributed by atoms with Crippen molar-refractivity contribution in [2.75, 3.05) is 31.2 Å². The van der Waals surface area contributed by atoms with Crippen LogP contribution in [0.2, 0.25) is 0 Å². The van der Waals surface area contributed by atoms with E-state index in [-0.39, 0.29) is 0 Å². The number of nitrogens with zero attached hydrogens (tertiary/aromatic N) is 5. The topological polar surface area (TPSA) is 79.8 Å². The molecule has 7 nitrogen and oxygen atoms in total. The number of aromatic nitrogens is 5. The van der Waals surface area contributed by atoms with E-state index in [1.54, 1.807) is 17.7 Å². The van der Waals surface area contributed by atoms with Crippen molar-refractivity contribution in [1.29, 1.82) is 0 Å². The third-order valence-corrected chi connectivity index (χ3v) is 5.66. The molecule has 1 saturated heterocycles. The summed E-state index contributed by atoms with van der Waals surface area (Å²) >= 11 is 1.69. The molecule has 0 spiro atoms. The molecule has 0 atom stereocenters. The molecule has 0 unspecified atom stereocenters. The van der Waals surface area contributed by atoms with E-state index in [2.05, 4.69) is 48.2 Å². The number of ether oxygens (including phenoxy) is 1. The van der Waals surface area contributed by atoms with Gasteiger partial charge in [0, 0.05) is 30.7 Å². The fourth-order valence-electron chi connectivity index (χ4n) is 3.30. The summed E-state index contributed by atoms with van der Waals surface area (Å²) in [5.41, 5.74) is 3.78. The van der Waals surface area contributed by atoms with E-state index in [9.17, 15) is 0 Å². The van der Waals surface area contributed by atoms with Crippen molar-refractivity contribution in [1.82, 2.24) is 25.1 Å². The standard InChI is InChI=1S/C19H18N6OS/c1-12-20-10-17(27-12)13-2-3-15-14(8-13)19(24-23-15)16-9-18(22-11-21-16)25-4-6-26-7-5-25/h2-3,8-11H,4-7H2,1H3,(H,23,24). The lowest BCUT2D eigenvalue weighted by Crippen LogP contribution is -2.36. The Labute approximate surface area is 160 Å². The fourth-order valence-corrected chi connectivity index (χ4v) is 4.07. The minimum absolute atomic E-state index is 0.725. The molecule has 0 radical (unpaired) electrons. The Bertz CT molecular complexity index is 1100. The van der Waals surface area contributed by atoms with Gasteiger partial charge in [0.25, 0.3) is 0 Å². The summed E-state index contributed by atoms with van der Waals surface area (Å²) < 4.78 is 5.43. The minimum Gasteiger partial charge on any atom is -0.378 e. The molecule has 1 aliphatic heterocycles. The highest BCUT2D eigenvalue weighted by molar-refractivity contribution is 7.15. The maximum atomic E-state index is 5.43. The van der Waals surface area contributed by atoms with Gasteiger partial charge >= 0.3 is 0 Å². The van der Waals surface area contributed by atoms with Gasteiger partial charge in [-0.1, -0.05) is 6.07 Å². The first kappa shape index (κ1) is 16.3. The van der Waals surface area contributed by atoms with Gasteiger partial charge in [-0.15, -0.1) is 11.3 Å². The number of hydrogen-bond donors (Lipinski definition) is 1. The molecule has 27 heavy (non-hydrogen) atoms. The van der Waals surface area contributed by atoms with Crippen molar-refractivity contribution in [2.24, 2.45) is 0 Å². The Morgan fingerprint density at radius 1 is 1.11 bits per heavy atom. The molecule has 136 valence electrons. The molecular weight excluding hydrogens is 360 g/mol. The predicted molar refractivity (Wildman–Crippen MR) is 106 cm³/mol. The van der Waals surface area contributed by atoms with Crippen LogP contribution < -0.4 is 4.90 Å². The van der Waals surface area contributed by atoms with E-state index in [0.717, 1.165) is 69.9 Å². The average Bonchev–Trinajstić information content (AvgIpc) is 3.34. The Hall–Kier alpha value is -2.84. The van der Waals surface area contributed by atoms with E-state index in [4.69, 9.17) is 4.74 Å². The summed E-state index contributed by atoms with van der Waals surface area (Å²) in [7, 11) is 0. The number of aromatic amines is 1. The number of morpholine rings is 1. The van der Waals surface area contributed by atoms with Gasteiger partial charge < -0.3 is 9.64 Å². The summed E-state index contributed by atoms with van der Waals surface area (Å²) in [6.07, 6.45) is 3.53. The second kappa shape index (κ2) is 6.71. The highest BCUT2D eigenvalue weighted by atomic mass is 32.1. The molecular formula is C19H18N6OS. The van der Waals surface area contributed by atoms with Gasteiger partial charge in [0.05, 0.1) is 34.3 Å². The highest BCUT2D eigenvalue weighted by Crippen LogP contribution is 2.32. The summed E-state index contributed by atoms with van der Waals surface area (Å²) in [5, 5.41) is 9.74.